The summed E-state index contributed by atoms with van der Waals surface area (Å²) in [6.45, 7) is 7.06. The summed E-state index contributed by atoms with van der Waals surface area (Å²) in [7, 11) is 0. The lowest BCUT2D eigenvalue weighted by Gasteiger charge is -2.24. The van der Waals surface area contributed by atoms with Crippen LogP contribution >= 0.6 is 0 Å². The summed E-state index contributed by atoms with van der Waals surface area (Å²) < 4.78 is 0. The molecule has 1 aliphatic rings. The van der Waals surface area contributed by atoms with Crippen molar-refractivity contribution >= 4 is 16.5 Å². The van der Waals surface area contributed by atoms with E-state index in [1.54, 1.807) is 0 Å². The highest BCUT2D eigenvalue weighted by Gasteiger charge is 2.18. The average Bonchev–Trinajstić information content (AvgIpc) is 2.73. The van der Waals surface area contributed by atoms with Crippen LogP contribution in [0.3, 0.4) is 0 Å². The predicted molar refractivity (Wildman–Crippen MR) is 91.9 cm³/mol. The van der Waals surface area contributed by atoms with E-state index in [1.807, 2.05) is 0 Å². The molecule has 0 bridgehead atoms. The second-order valence-corrected chi connectivity index (χ2v) is 6.46. The summed E-state index contributed by atoms with van der Waals surface area (Å²) in [5.74, 6) is 0. The van der Waals surface area contributed by atoms with E-state index in [0.29, 0.717) is 12.1 Å². The van der Waals surface area contributed by atoms with Gasteiger partial charge in [-0.1, -0.05) is 30.3 Å². The Kier molecular flexibility index (Phi) is 4.45. The number of benzene rings is 2. The standard InChI is InChI=1S/C19H26N2/c1-15(2)21-12-5-8-18(11-13-21)20-19-10-9-16-6-3-4-7-17(16)14-19/h3-4,6-7,9-10,14-15,18,20H,5,8,11-13H2,1-2H3. The lowest BCUT2D eigenvalue weighted by molar-refractivity contribution is 0.230. The van der Waals surface area contributed by atoms with Gasteiger partial charge in [-0.15, -0.1) is 0 Å². The summed E-state index contributed by atoms with van der Waals surface area (Å²) in [6.07, 6.45) is 3.81. The molecule has 2 aromatic carbocycles. The molecule has 0 aliphatic carbocycles. The third kappa shape index (κ3) is 3.56. The van der Waals surface area contributed by atoms with E-state index in [-0.39, 0.29) is 0 Å². The Morgan fingerprint density at radius 3 is 2.62 bits per heavy atom. The van der Waals surface area contributed by atoms with Gasteiger partial charge in [0.1, 0.15) is 0 Å². The minimum atomic E-state index is 0.606. The molecule has 1 N–H and O–H groups in total. The molecule has 1 saturated heterocycles. The van der Waals surface area contributed by atoms with Crippen molar-refractivity contribution in [2.24, 2.45) is 0 Å². The summed E-state index contributed by atoms with van der Waals surface area (Å²) >= 11 is 0. The smallest absolute Gasteiger partial charge is 0.0348 e. The predicted octanol–water partition coefficient (Wildman–Crippen LogP) is 4.51. The molecule has 2 nitrogen and oxygen atoms in total. The normalized spacial score (nSPS) is 20.6. The van der Waals surface area contributed by atoms with Gasteiger partial charge in [0, 0.05) is 24.3 Å². The molecule has 2 heteroatoms. The number of fused-ring (bicyclic) bond motifs is 1. The zero-order valence-corrected chi connectivity index (χ0v) is 13.2. The molecule has 112 valence electrons. The number of anilines is 1. The molecular weight excluding hydrogens is 256 g/mol. The highest BCUT2D eigenvalue weighted by Crippen LogP contribution is 2.22. The van der Waals surface area contributed by atoms with Crippen LogP contribution in [0.2, 0.25) is 0 Å². The molecule has 21 heavy (non-hydrogen) atoms. The third-order valence-corrected chi connectivity index (χ3v) is 4.61. The van der Waals surface area contributed by atoms with Crippen LogP contribution in [0.1, 0.15) is 33.1 Å². The molecule has 1 heterocycles. The van der Waals surface area contributed by atoms with E-state index >= 15 is 0 Å². The maximum Gasteiger partial charge on any atom is 0.0348 e. The van der Waals surface area contributed by atoms with E-state index in [0.717, 1.165) is 0 Å². The van der Waals surface area contributed by atoms with Crippen LogP contribution in [-0.4, -0.2) is 30.1 Å². The van der Waals surface area contributed by atoms with Gasteiger partial charge in [-0.3, -0.25) is 0 Å². The Morgan fingerprint density at radius 2 is 1.81 bits per heavy atom. The molecule has 1 fully saturated rings. The number of nitrogens with one attached hydrogen (secondary N) is 1. The number of nitrogens with zero attached hydrogens (tertiary/aromatic N) is 1. The largest absolute Gasteiger partial charge is 0.382 e. The lowest BCUT2D eigenvalue weighted by Crippen LogP contribution is -2.32. The van der Waals surface area contributed by atoms with Crippen molar-refractivity contribution in [1.82, 2.24) is 4.90 Å². The van der Waals surface area contributed by atoms with Crippen LogP contribution in [0, 0.1) is 0 Å². The van der Waals surface area contributed by atoms with E-state index in [1.165, 1.54) is 48.8 Å². The van der Waals surface area contributed by atoms with Gasteiger partial charge in [-0.2, -0.15) is 0 Å². The number of hydrogen-bond donors (Lipinski definition) is 1. The Bertz CT molecular complexity index is 591. The summed E-state index contributed by atoms with van der Waals surface area (Å²) in [5, 5.41) is 6.38. The van der Waals surface area contributed by atoms with Crippen LogP contribution in [0.4, 0.5) is 5.69 Å². The van der Waals surface area contributed by atoms with Crippen LogP contribution in [0.5, 0.6) is 0 Å². The zero-order chi connectivity index (χ0) is 14.7. The van der Waals surface area contributed by atoms with Gasteiger partial charge in [-0.25, -0.2) is 0 Å². The highest BCUT2D eigenvalue weighted by atomic mass is 15.1. The second-order valence-electron chi connectivity index (χ2n) is 6.46. The summed E-state index contributed by atoms with van der Waals surface area (Å²) in [6, 6.07) is 16.6. The Hall–Kier alpha value is -1.54. The first-order chi connectivity index (χ1) is 10.2. The number of hydrogen-bond acceptors (Lipinski definition) is 2. The SMILES string of the molecule is CC(C)N1CCCC(Nc2ccc3ccccc3c2)CC1. The first-order valence-corrected chi connectivity index (χ1v) is 8.22. The topological polar surface area (TPSA) is 15.3 Å². The number of likely N-dealkylation sites (tertiary alicyclic amines) is 1. The second kappa shape index (κ2) is 6.48. The van der Waals surface area contributed by atoms with Gasteiger partial charge >= 0.3 is 0 Å². The van der Waals surface area contributed by atoms with Crippen molar-refractivity contribution in [3.8, 4) is 0 Å². The van der Waals surface area contributed by atoms with Crippen LogP contribution < -0.4 is 5.32 Å². The lowest BCUT2D eigenvalue weighted by atomic mass is 10.1. The Balaban J connectivity index is 1.67. The third-order valence-electron chi connectivity index (χ3n) is 4.61. The van der Waals surface area contributed by atoms with E-state index in [2.05, 4.69) is 66.5 Å². The first-order valence-electron chi connectivity index (χ1n) is 8.22. The molecule has 0 amide bonds. The fourth-order valence-corrected chi connectivity index (χ4v) is 3.29. The van der Waals surface area contributed by atoms with E-state index in [4.69, 9.17) is 0 Å². The molecule has 0 saturated carbocycles. The molecule has 1 atom stereocenters. The molecule has 0 spiro atoms. The van der Waals surface area contributed by atoms with Gasteiger partial charge in [0.05, 0.1) is 0 Å². The average molecular weight is 282 g/mol. The van der Waals surface area contributed by atoms with E-state index < -0.39 is 0 Å². The van der Waals surface area contributed by atoms with Crippen LogP contribution in [0.25, 0.3) is 10.8 Å². The quantitative estimate of drug-likeness (QED) is 0.890. The van der Waals surface area contributed by atoms with Gasteiger partial charge in [0.15, 0.2) is 0 Å². The van der Waals surface area contributed by atoms with Gasteiger partial charge < -0.3 is 10.2 Å². The minimum Gasteiger partial charge on any atom is -0.382 e. The molecule has 3 rings (SSSR count). The summed E-state index contributed by atoms with van der Waals surface area (Å²) in [4.78, 5) is 2.60. The van der Waals surface area contributed by atoms with Crippen molar-refractivity contribution in [2.45, 2.75) is 45.2 Å². The van der Waals surface area contributed by atoms with Gasteiger partial charge in [0.2, 0.25) is 0 Å². The molecular formula is C19H26N2. The van der Waals surface area contributed by atoms with Crippen LogP contribution in [0.15, 0.2) is 42.5 Å². The van der Waals surface area contributed by atoms with Crippen molar-refractivity contribution in [3.05, 3.63) is 42.5 Å². The summed E-state index contributed by atoms with van der Waals surface area (Å²) in [5.41, 5.74) is 1.26. The van der Waals surface area contributed by atoms with Gasteiger partial charge in [-0.05, 0) is 62.6 Å². The van der Waals surface area contributed by atoms with Gasteiger partial charge in [0.25, 0.3) is 0 Å². The highest BCUT2D eigenvalue weighted by molar-refractivity contribution is 5.85. The maximum atomic E-state index is 3.75. The van der Waals surface area contributed by atoms with E-state index in [9.17, 15) is 0 Å². The van der Waals surface area contributed by atoms with Crippen molar-refractivity contribution in [3.63, 3.8) is 0 Å². The molecule has 1 aliphatic heterocycles. The molecule has 0 radical (unpaired) electrons. The van der Waals surface area contributed by atoms with Crippen molar-refractivity contribution < 1.29 is 0 Å². The fraction of sp³-hybridized carbons (Fsp3) is 0.474. The monoisotopic (exact) mass is 282 g/mol. The maximum absolute atomic E-state index is 3.75. The first kappa shape index (κ1) is 14.4. The Labute approximate surface area is 128 Å². The number of rotatable bonds is 3. The molecule has 0 aromatic heterocycles. The molecule has 2 aromatic rings. The molecule has 1 unspecified atom stereocenters. The van der Waals surface area contributed by atoms with Crippen molar-refractivity contribution in [1.29, 1.82) is 0 Å². The zero-order valence-electron chi connectivity index (χ0n) is 13.2. The van der Waals surface area contributed by atoms with Crippen LogP contribution in [-0.2, 0) is 0 Å². The Morgan fingerprint density at radius 1 is 1.00 bits per heavy atom. The minimum absolute atomic E-state index is 0.606. The van der Waals surface area contributed by atoms with Crippen molar-refractivity contribution in [2.75, 3.05) is 18.4 Å². The fourth-order valence-electron chi connectivity index (χ4n) is 3.29.